The van der Waals surface area contributed by atoms with Crippen LogP contribution in [0.1, 0.15) is 34.7 Å². The first-order chi connectivity index (χ1) is 13.4. The zero-order valence-corrected chi connectivity index (χ0v) is 15.8. The first-order valence-corrected chi connectivity index (χ1v) is 8.86. The Morgan fingerprint density at radius 2 is 1.71 bits per heavy atom. The van der Waals surface area contributed by atoms with Crippen LogP contribution >= 0.6 is 0 Å². The van der Waals surface area contributed by atoms with Crippen LogP contribution in [0.15, 0.2) is 53.3 Å². The summed E-state index contributed by atoms with van der Waals surface area (Å²) in [5.41, 5.74) is 0.0803. The topological polar surface area (TPSA) is 87.5 Å². The number of benzene rings is 2. The summed E-state index contributed by atoms with van der Waals surface area (Å²) in [6.07, 6.45) is -1.01. The van der Waals surface area contributed by atoms with E-state index in [1.807, 2.05) is 6.92 Å². The van der Waals surface area contributed by atoms with Gasteiger partial charge in [0.05, 0.1) is 12.0 Å². The van der Waals surface area contributed by atoms with Gasteiger partial charge in [-0.1, -0.05) is 18.2 Å². The molecule has 3 aromatic rings. The van der Waals surface area contributed by atoms with Crippen LogP contribution < -0.4 is 10.3 Å². The molecule has 0 aliphatic heterocycles. The molecule has 0 fully saturated rings. The summed E-state index contributed by atoms with van der Waals surface area (Å²) < 4.78 is 11.8. The lowest BCUT2D eigenvalue weighted by molar-refractivity contribution is 0.0313. The van der Waals surface area contributed by atoms with E-state index in [4.69, 9.17) is 9.47 Å². The van der Waals surface area contributed by atoms with Crippen LogP contribution in [0.3, 0.4) is 0 Å². The Bertz CT molecular complexity index is 1090. The molecule has 0 unspecified atom stereocenters. The van der Waals surface area contributed by atoms with Gasteiger partial charge in [0.25, 0.3) is 5.56 Å². The van der Waals surface area contributed by atoms with Crippen LogP contribution in [0.5, 0.6) is 5.75 Å². The normalized spacial score (nSPS) is 11.8. The maximum atomic E-state index is 12.6. The number of esters is 1. The Balaban J connectivity index is 1.83. The van der Waals surface area contributed by atoms with E-state index in [9.17, 15) is 14.4 Å². The van der Waals surface area contributed by atoms with Crippen molar-refractivity contribution in [3.63, 3.8) is 0 Å². The number of aryl methyl sites for hydroxylation is 1. The third-order valence-corrected chi connectivity index (χ3v) is 4.25. The second-order valence-corrected chi connectivity index (χ2v) is 6.19. The van der Waals surface area contributed by atoms with Crippen molar-refractivity contribution in [2.45, 2.75) is 20.0 Å². The van der Waals surface area contributed by atoms with Crippen LogP contribution in [-0.4, -0.2) is 34.2 Å². The smallest absolute Gasteiger partial charge is 0.360 e. The van der Waals surface area contributed by atoms with Crippen molar-refractivity contribution in [2.24, 2.45) is 7.05 Å². The molecule has 0 saturated heterocycles. The molecule has 1 aromatic heterocycles. The number of fused-ring (bicyclic) bond motifs is 1. The highest BCUT2D eigenvalue weighted by Crippen LogP contribution is 2.17. The minimum Gasteiger partial charge on any atom is -0.494 e. The number of nitrogens with zero attached hydrogens (tertiary/aromatic N) is 2. The molecule has 0 spiro atoms. The highest BCUT2D eigenvalue weighted by molar-refractivity contribution is 6.05. The molecule has 0 saturated carbocycles. The maximum absolute atomic E-state index is 12.6. The summed E-state index contributed by atoms with van der Waals surface area (Å²) in [4.78, 5) is 37.4. The van der Waals surface area contributed by atoms with Crippen LogP contribution in [0, 0.1) is 0 Å². The fourth-order valence-electron chi connectivity index (χ4n) is 2.84. The number of hydrogen-bond donors (Lipinski definition) is 0. The summed E-state index contributed by atoms with van der Waals surface area (Å²) in [7, 11) is 1.46. The van der Waals surface area contributed by atoms with Gasteiger partial charge in [-0.2, -0.15) is 5.10 Å². The molecule has 1 heterocycles. The lowest BCUT2D eigenvalue weighted by Crippen LogP contribution is -2.28. The first kappa shape index (κ1) is 19.3. The predicted molar refractivity (Wildman–Crippen MR) is 104 cm³/mol. The number of carbonyl (C=O) groups excluding carboxylic acids is 2. The number of ether oxygens (including phenoxy) is 2. The van der Waals surface area contributed by atoms with Crippen molar-refractivity contribution in [1.82, 2.24) is 9.78 Å². The van der Waals surface area contributed by atoms with E-state index in [0.717, 1.165) is 4.68 Å². The van der Waals surface area contributed by atoms with Crippen LogP contribution in [0.2, 0.25) is 0 Å². The van der Waals surface area contributed by atoms with E-state index in [1.54, 1.807) is 48.5 Å². The van der Waals surface area contributed by atoms with Crippen molar-refractivity contribution in [3.8, 4) is 5.75 Å². The highest BCUT2D eigenvalue weighted by Gasteiger charge is 2.23. The average molecular weight is 380 g/mol. The largest absolute Gasteiger partial charge is 0.494 e. The fraction of sp³-hybridized carbons (Fsp3) is 0.238. The van der Waals surface area contributed by atoms with Gasteiger partial charge in [0.2, 0.25) is 5.78 Å². The van der Waals surface area contributed by atoms with Gasteiger partial charge in [-0.05, 0) is 44.2 Å². The summed E-state index contributed by atoms with van der Waals surface area (Å²) in [5, 5.41) is 4.76. The molecule has 2 aromatic carbocycles. The van der Waals surface area contributed by atoms with Gasteiger partial charge >= 0.3 is 5.97 Å². The molecule has 0 aliphatic carbocycles. The predicted octanol–water partition coefficient (Wildman–Crippen LogP) is 2.76. The molecular weight excluding hydrogens is 360 g/mol. The second-order valence-electron chi connectivity index (χ2n) is 6.19. The van der Waals surface area contributed by atoms with E-state index in [-0.39, 0.29) is 17.0 Å². The lowest BCUT2D eigenvalue weighted by Gasteiger charge is -2.14. The molecule has 28 heavy (non-hydrogen) atoms. The quantitative estimate of drug-likeness (QED) is 0.483. The zero-order valence-electron chi connectivity index (χ0n) is 15.8. The minimum atomic E-state index is -1.01. The van der Waals surface area contributed by atoms with Gasteiger partial charge in [-0.3, -0.25) is 9.59 Å². The molecule has 0 amide bonds. The van der Waals surface area contributed by atoms with Crippen LogP contribution in [0.4, 0.5) is 0 Å². The van der Waals surface area contributed by atoms with E-state index < -0.39 is 12.1 Å². The van der Waals surface area contributed by atoms with Gasteiger partial charge < -0.3 is 9.47 Å². The van der Waals surface area contributed by atoms with Crippen molar-refractivity contribution in [1.29, 1.82) is 0 Å². The number of ketones is 1. The summed E-state index contributed by atoms with van der Waals surface area (Å²) in [5.74, 6) is -0.450. The molecular formula is C21H20N2O5. The van der Waals surface area contributed by atoms with Crippen molar-refractivity contribution < 1.29 is 19.1 Å². The Labute approximate surface area is 161 Å². The van der Waals surface area contributed by atoms with Gasteiger partial charge in [0, 0.05) is 18.0 Å². The average Bonchev–Trinajstić information content (AvgIpc) is 2.71. The molecule has 0 N–H and O–H groups in total. The van der Waals surface area contributed by atoms with E-state index in [0.29, 0.717) is 28.7 Å². The maximum Gasteiger partial charge on any atom is 0.360 e. The third-order valence-electron chi connectivity index (χ3n) is 4.25. The molecule has 0 radical (unpaired) electrons. The van der Waals surface area contributed by atoms with E-state index in [1.165, 1.54) is 14.0 Å². The Morgan fingerprint density at radius 1 is 1.07 bits per heavy atom. The highest BCUT2D eigenvalue weighted by atomic mass is 16.5. The molecule has 1 atom stereocenters. The lowest BCUT2D eigenvalue weighted by atomic mass is 10.1. The molecule has 0 aliphatic rings. The standard InChI is InChI=1S/C21H20N2O5/c1-4-27-15-11-9-14(10-12-15)19(24)13(2)28-21(26)18-16-7-5-6-8-17(16)20(25)23(3)22-18/h5-13H,4H2,1-3H3/t13-/m0/s1. The van der Waals surface area contributed by atoms with E-state index in [2.05, 4.69) is 5.10 Å². The van der Waals surface area contributed by atoms with Crippen molar-refractivity contribution >= 4 is 22.5 Å². The fourth-order valence-corrected chi connectivity index (χ4v) is 2.84. The van der Waals surface area contributed by atoms with Gasteiger partial charge in [-0.15, -0.1) is 0 Å². The molecule has 144 valence electrons. The number of rotatable bonds is 6. The summed E-state index contributed by atoms with van der Waals surface area (Å²) in [6.45, 7) is 3.90. The second kappa shape index (κ2) is 8.04. The Kier molecular flexibility index (Phi) is 5.54. The molecule has 0 bridgehead atoms. The monoisotopic (exact) mass is 380 g/mol. The van der Waals surface area contributed by atoms with Crippen molar-refractivity contribution in [2.75, 3.05) is 6.61 Å². The van der Waals surface area contributed by atoms with Gasteiger partial charge in [0.1, 0.15) is 5.75 Å². The summed E-state index contributed by atoms with van der Waals surface area (Å²) in [6, 6.07) is 13.3. The van der Waals surface area contributed by atoms with Crippen LogP contribution in [0.25, 0.3) is 10.8 Å². The van der Waals surface area contributed by atoms with Gasteiger partial charge in [-0.25, -0.2) is 9.48 Å². The number of hydrogen-bond acceptors (Lipinski definition) is 6. The number of carbonyl (C=O) groups is 2. The Hall–Kier alpha value is -3.48. The van der Waals surface area contributed by atoms with Crippen LogP contribution in [-0.2, 0) is 11.8 Å². The molecule has 3 rings (SSSR count). The first-order valence-electron chi connectivity index (χ1n) is 8.86. The molecule has 7 heteroatoms. The summed E-state index contributed by atoms with van der Waals surface area (Å²) >= 11 is 0. The van der Waals surface area contributed by atoms with E-state index >= 15 is 0 Å². The zero-order chi connectivity index (χ0) is 20.3. The van der Waals surface area contributed by atoms with Crippen molar-refractivity contribution in [3.05, 3.63) is 70.1 Å². The third kappa shape index (κ3) is 3.78. The number of Topliss-reactive ketones (excluding diaryl/α,β-unsaturated/α-hetero) is 1. The minimum absolute atomic E-state index is 0.0101. The van der Waals surface area contributed by atoms with Gasteiger partial charge in [0.15, 0.2) is 11.8 Å². The number of aromatic nitrogens is 2. The molecule has 7 nitrogen and oxygen atoms in total. The SMILES string of the molecule is CCOc1ccc(C(=O)[C@H](C)OC(=O)c2nn(C)c(=O)c3ccccc23)cc1. The Morgan fingerprint density at radius 3 is 2.36 bits per heavy atom.